The molecule has 8 nitrogen and oxygen atoms in total. The normalized spacial score (nSPS) is 12.5. The lowest BCUT2D eigenvalue weighted by Crippen LogP contribution is -2.26. The zero-order valence-corrected chi connectivity index (χ0v) is 17.4. The van der Waals surface area contributed by atoms with Crippen molar-refractivity contribution in [2.24, 2.45) is 0 Å². The van der Waals surface area contributed by atoms with Gasteiger partial charge in [0.2, 0.25) is 0 Å². The average Bonchev–Trinajstić information content (AvgIpc) is 3.14. The number of hydrogen-bond donors (Lipinski definition) is 2. The Kier molecular flexibility index (Phi) is 7.31. The molecule has 0 aliphatic heterocycles. The van der Waals surface area contributed by atoms with Gasteiger partial charge >= 0.3 is 12.1 Å². The molecule has 2 N–H and O–H groups in total. The maximum absolute atomic E-state index is 12.8. The molecule has 2 rings (SSSR count). The summed E-state index contributed by atoms with van der Waals surface area (Å²) in [5.41, 5.74) is -1.56. The second-order valence-corrected chi connectivity index (χ2v) is 8.62. The first-order chi connectivity index (χ1) is 13.9. The first kappa shape index (κ1) is 23.5. The first-order valence-corrected chi connectivity index (χ1v) is 11.0. The number of nitrogens with zero attached hydrogens (tertiary/aromatic N) is 2. The van der Waals surface area contributed by atoms with E-state index in [1.165, 1.54) is 18.2 Å². The van der Waals surface area contributed by atoms with Gasteiger partial charge in [0.25, 0.3) is 0 Å². The maximum Gasteiger partial charge on any atom is 0.432 e. The maximum atomic E-state index is 12.8. The fraction of sp³-hybridized carbons (Fsp3) is 0.294. The highest BCUT2D eigenvalue weighted by Gasteiger charge is 2.33. The predicted octanol–water partition coefficient (Wildman–Crippen LogP) is 2.68. The van der Waals surface area contributed by atoms with E-state index in [-0.39, 0.29) is 28.0 Å². The SMILES string of the molecule is CCOC(=O)CN/C(=C\C(=N)C(F)(F)F)c1nsc(-c2cccc(S(C)(=O)=O)c2)n1. The van der Waals surface area contributed by atoms with Crippen LogP contribution >= 0.6 is 11.5 Å². The van der Waals surface area contributed by atoms with Crippen LogP contribution in [0.5, 0.6) is 0 Å². The molecule has 0 bridgehead atoms. The summed E-state index contributed by atoms with van der Waals surface area (Å²) in [7, 11) is -3.47. The number of nitrogens with one attached hydrogen (secondary N) is 2. The summed E-state index contributed by atoms with van der Waals surface area (Å²) in [5, 5.41) is 9.88. The fourth-order valence-electron chi connectivity index (χ4n) is 2.11. The van der Waals surface area contributed by atoms with Crippen LogP contribution in [0, 0.1) is 5.41 Å². The van der Waals surface area contributed by atoms with Crippen LogP contribution in [-0.2, 0) is 19.4 Å². The van der Waals surface area contributed by atoms with E-state index in [1.54, 1.807) is 13.0 Å². The van der Waals surface area contributed by atoms with Gasteiger partial charge in [0.15, 0.2) is 15.7 Å². The molecule has 1 aromatic heterocycles. The minimum Gasteiger partial charge on any atom is -0.465 e. The van der Waals surface area contributed by atoms with E-state index in [0.717, 1.165) is 17.8 Å². The number of aromatic nitrogens is 2. The minimum absolute atomic E-state index is 0.0480. The number of sulfone groups is 1. The van der Waals surface area contributed by atoms with Gasteiger partial charge in [-0.2, -0.15) is 17.5 Å². The van der Waals surface area contributed by atoms with Crippen LogP contribution < -0.4 is 5.32 Å². The van der Waals surface area contributed by atoms with E-state index < -0.39 is 34.2 Å². The molecule has 2 aromatic rings. The number of halogens is 3. The number of hydrogen-bond acceptors (Lipinski definition) is 9. The van der Waals surface area contributed by atoms with E-state index in [4.69, 9.17) is 10.1 Å². The second kappa shape index (κ2) is 9.34. The van der Waals surface area contributed by atoms with Crippen LogP contribution in [0.4, 0.5) is 13.2 Å². The molecule has 0 aliphatic carbocycles. The Morgan fingerprint density at radius 3 is 2.67 bits per heavy atom. The highest BCUT2D eigenvalue weighted by atomic mass is 32.2. The number of esters is 1. The zero-order chi connectivity index (χ0) is 22.5. The van der Waals surface area contributed by atoms with Gasteiger partial charge in [0.05, 0.1) is 17.2 Å². The van der Waals surface area contributed by atoms with Gasteiger partial charge in [-0.15, -0.1) is 0 Å². The number of benzene rings is 1. The van der Waals surface area contributed by atoms with Crippen LogP contribution in [0.2, 0.25) is 0 Å². The van der Waals surface area contributed by atoms with Crippen molar-refractivity contribution >= 4 is 38.7 Å². The molecule has 0 unspecified atom stereocenters. The van der Waals surface area contributed by atoms with Crippen LogP contribution in [0.15, 0.2) is 35.2 Å². The molecule has 1 heterocycles. The van der Waals surface area contributed by atoms with Crippen molar-refractivity contribution in [3.05, 3.63) is 36.2 Å². The standard InChI is InChI=1S/C17H17F3N4O4S2/c1-3-28-14(25)9-22-12(8-13(21)17(18,19)20)15-23-16(29-24-15)10-5-4-6-11(7-10)30(2,26)27/h4-8,21-22H,3,9H2,1-2H3/b12-8-,21-13?. The lowest BCUT2D eigenvalue weighted by atomic mass is 10.2. The number of alkyl halides is 3. The molecule has 0 radical (unpaired) electrons. The molecular formula is C17H17F3N4O4S2. The Labute approximate surface area is 174 Å². The first-order valence-electron chi connectivity index (χ1n) is 8.33. The number of carbonyl (C=O) groups excluding carboxylic acids is 1. The van der Waals surface area contributed by atoms with E-state index in [9.17, 15) is 26.4 Å². The van der Waals surface area contributed by atoms with Crippen molar-refractivity contribution in [2.75, 3.05) is 19.4 Å². The number of carbonyl (C=O) groups is 1. The molecule has 162 valence electrons. The predicted molar refractivity (Wildman–Crippen MR) is 105 cm³/mol. The topological polar surface area (TPSA) is 122 Å². The zero-order valence-electron chi connectivity index (χ0n) is 15.8. The quantitative estimate of drug-likeness (QED) is 0.457. The van der Waals surface area contributed by atoms with Gasteiger partial charge in [0.1, 0.15) is 17.3 Å². The number of ether oxygens (including phenoxy) is 1. The van der Waals surface area contributed by atoms with E-state index in [2.05, 4.69) is 14.7 Å². The van der Waals surface area contributed by atoms with E-state index in [1.807, 2.05) is 0 Å². The summed E-state index contributed by atoms with van der Waals surface area (Å²) in [4.78, 5) is 15.7. The highest BCUT2D eigenvalue weighted by molar-refractivity contribution is 7.90. The Hall–Kier alpha value is -2.80. The molecule has 0 spiro atoms. The van der Waals surface area contributed by atoms with Gasteiger partial charge in [-0.05, 0) is 36.7 Å². The monoisotopic (exact) mass is 462 g/mol. The van der Waals surface area contributed by atoms with Crippen LogP contribution in [0.3, 0.4) is 0 Å². The summed E-state index contributed by atoms with van der Waals surface area (Å²) >= 11 is 0.825. The van der Waals surface area contributed by atoms with Gasteiger partial charge in [-0.25, -0.2) is 13.4 Å². The Balaban J connectivity index is 2.39. The lowest BCUT2D eigenvalue weighted by Gasteiger charge is -2.10. The third kappa shape index (κ3) is 6.35. The summed E-state index contributed by atoms with van der Waals surface area (Å²) in [6.07, 6.45) is -3.39. The Morgan fingerprint density at radius 1 is 1.37 bits per heavy atom. The molecule has 0 atom stereocenters. The van der Waals surface area contributed by atoms with Gasteiger partial charge < -0.3 is 10.1 Å². The van der Waals surface area contributed by atoms with Gasteiger partial charge in [0, 0.05) is 11.8 Å². The number of rotatable bonds is 8. The molecule has 0 saturated heterocycles. The summed E-state index contributed by atoms with van der Waals surface area (Å²) in [5.74, 6) is -0.892. The van der Waals surface area contributed by atoms with Crippen LogP contribution in [0.1, 0.15) is 12.7 Å². The lowest BCUT2D eigenvalue weighted by molar-refractivity contribution is -0.141. The van der Waals surface area contributed by atoms with Crippen molar-refractivity contribution in [3.8, 4) is 10.6 Å². The van der Waals surface area contributed by atoms with Crippen molar-refractivity contribution in [2.45, 2.75) is 18.0 Å². The fourth-order valence-corrected chi connectivity index (χ4v) is 3.45. The van der Waals surface area contributed by atoms with Crippen LogP contribution in [0.25, 0.3) is 16.3 Å². The van der Waals surface area contributed by atoms with Gasteiger partial charge in [-0.3, -0.25) is 10.2 Å². The summed E-state index contributed by atoms with van der Waals surface area (Å²) in [6.45, 7) is 1.21. The Morgan fingerprint density at radius 2 is 2.07 bits per heavy atom. The molecule has 1 aromatic carbocycles. The third-order valence-corrected chi connectivity index (χ3v) is 5.37. The van der Waals surface area contributed by atoms with Crippen molar-refractivity contribution in [1.29, 1.82) is 5.41 Å². The molecular weight excluding hydrogens is 445 g/mol. The van der Waals surface area contributed by atoms with Crippen molar-refractivity contribution in [3.63, 3.8) is 0 Å². The molecule has 13 heteroatoms. The molecule has 0 amide bonds. The minimum atomic E-state index is -4.90. The number of allylic oxidation sites excluding steroid dienone is 1. The average molecular weight is 462 g/mol. The second-order valence-electron chi connectivity index (χ2n) is 5.85. The largest absolute Gasteiger partial charge is 0.465 e. The summed E-state index contributed by atoms with van der Waals surface area (Å²) < 4.78 is 70.5. The third-order valence-electron chi connectivity index (χ3n) is 3.50. The van der Waals surface area contributed by atoms with Crippen molar-refractivity contribution in [1.82, 2.24) is 14.7 Å². The summed E-state index contributed by atoms with van der Waals surface area (Å²) in [6, 6.07) is 5.85. The molecule has 30 heavy (non-hydrogen) atoms. The van der Waals surface area contributed by atoms with E-state index >= 15 is 0 Å². The smallest absolute Gasteiger partial charge is 0.432 e. The van der Waals surface area contributed by atoms with Crippen molar-refractivity contribution < 1.29 is 31.1 Å². The van der Waals surface area contributed by atoms with Crippen LogP contribution in [-0.4, -0.2) is 55.0 Å². The van der Waals surface area contributed by atoms with E-state index in [0.29, 0.717) is 11.6 Å². The molecule has 0 saturated carbocycles. The van der Waals surface area contributed by atoms with Gasteiger partial charge in [-0.1, -0.05) is 12.1 Å². The highest BCUT2D eigenvalue weighted by Crippen LogP contribution is 2.26. The molecule has 0 fully saturated rings. The molecule has 0 aliphatic rings. The Bertz CT molecular complexity index is 1080.